The molecule has 14 nitrogen and oxygen atoms in total. The van der Waals surface area contributed by atoms with Crippen LogP contribution in [0.1, 0.15) is 50.5 Å². The third kappa shape index (κ3) is 11.1. The van der Waals surface area contributed by atoms with Gasteiger partial charge in [-0.05, 0) is 67.3 Å². The highest BCUT2D eigenvalue weighted by molar-refractivity contribution is 7.92. The van der Waals surface area contributed by atoms with Crippen LogP contribution in [0.5, 0.6) is 23.0 Å². The molecule has 4 aromatic carbocycles. The van der Waals surface area contributed by atoms with E-state index in [4.69, 9.17) is 18.9 Å². The number of rotatable bonds is 14. The zero-order valence-electron chi connectivity index (χ0n) is 34.8. The Hall–Kier alpha value is -5.74. The minimum absolute atomic E-state index is 0.165. The van der Waals surface area contributed by atoms with Gasteiger partial charge in [-0.15, -0.1) is 0 Å². The zero-order valence-corrected chi connectivity index (χ0v) is 35.6. The molecule has 0 aliphatic carbocycles. The van der Waals surface area contributed by atoms with Crippen molar-refractivity contribution in [2.24, 2.45) is 0 Å². The highest BCUT2D eigenvalue weighted by Crippen LogP contribution is 2.40. The number of nitrogens with one attached hydrogen (secondary N) is 5. The lowest BCUT2D eigenvalue weighted by atomic mass is 9.86. The second kappa shape index (κ2) is 18.9. The number of carbonyl (C=O) groups excluding carboxylic acids is 2. The predicted octanol–water partition coefficient (Wildman–Crippen LogP) is 8.62. The Kier molecular flexibility index (Phi) is 13.7. The van der Waals surface area contributed by atoms with Crippen molar-refractivity contribution in [3.63, 3.8) is 0 Å². The summed E-state index contributed by atoms with van der Waals surface area (Å²) in [6, 6.07) is 23.4. The monoisotopic (exact) mass is 824 g/mol. The fourth-order valence-electron chi connectivity index (χ4n) is 7.02. The quantitative estimate of drug-likeness (QED) is 0.0594. The normalized spacial score (nSPS) is 16.2. The van der Waals surface area contributed by atoms with Crippen LogP contribution in [0, 0.1) is 0 Å². The van der Waals surface area contributed by atoms with E-state index in [-0.39, 0.29) is 23.5 Å². The van der Waals surface area contributed by atoms with Crippen molar-refractivity contribution in [1.29, 1.82) is 0 Å². The van der Waals surface area contributed by atoms with Crippen molar-refractivity contribution in [2.45, 2.75) is 52.2 Å². The van der Waals surface area contributed by atoms with Crippen molar-refractivity contribution in [1.82, 2.24) is 15.2 Å². The van der Waals surface area contributed by atoms with E-state index in [0.717, 1.165) is 36.0 Å². The minimum Gasteiger partial charge on any atom is -0.496 e. The van der Waals surface area contributed by atoms with Crippen molar-refractivity contribution in [2.75, 3.05) is 67.3 Å². The molecule has 0 saturated carbocycles. The number of urea groups is 1. The number of anilines is 5. The van der Waals surface area contributed by atoms with Crippen molar-refractivity contribution >= 4 is 62.6 Å². The Morgan fingerprint density at radius 3 is 2.29 bits per heavy atom. The molecule has 1 aliphatic heterocycles. The molecule has 0 radical (unpaired) electrons. The number of ether oxygens (including phenoxy) is 4. The van der Waals surface area contributed by atoms with Crippen LogP contribution < -0.4 is 40.2 Å². The number of pyridine rings is 1. The maximum Gasteiger partial charge on any atom is 0.323 e. The number of nitrogens with zero attached hydrogens (tertiary/aromatic N) is 2. The number of amides is 3. The van der Waals surface area contributed by atoms with E-state index in [9.17, 15) is 14.1 Å². The number of morpholine rings is 1. The smallest absolute Gasteiger partial charge is 0.323 e. The summed E-state index contributed by atoms with van der Waals surface area (Å²) in [5, 5.41) is 13.8. The second-order valence-corrected chi connectivity index (χ2v) is 16.6. The lowest BCUT2D eigenvalue weighted by molar-refractivity contribution is -0.0672. The lowest BCUT2D eigenvalue weighted by Crippen LogP contribution is -2.47. The van der Waals surface area contributed by atoms with E-state index in [1.807, 2.05) is 36.4 Å². The van der Waals surface area contributed by atoms with Crippen molar-refractivity contribution in [3.8, 4) is 23.0 Å². The summed E-state index contributed by atoms with van der Waals surface area (Å²) in [5.74, 6) is 2.25. The molecule has 2 heterocycles. The number of carbonyl (C=O) groups is 2. The van der Waals surface area contributed by atoms with Crippen LogP contribution in [0.25, 0.3) is 10.8 Å². The molecule has 1 aliphatic rings. The average Bonchev–Trinajstić information content (AvgIpc) is 3.18. The van der Waals surface area contributed by atoms with Gasteiger partial charge in [-0.3, -0.25) is 9.69 Å². The molecule has 1 unspecified atom stereocenters. The maximum absolute atomic E-state index is 13.5. The van der Waals surface area contributed by atoms with E-state index in [0.29, 0.717) is 63.7 Å². The summed E-state index contributed by atoms with van der Waals surface area (Å²) >= 11 is -1.11. The Morgan fingerprint density at radius 2 is 1.59 bits per heavy atom. The Bertz CT molecular complexity index is 2270. The van der Waals surface area contributed by atoms with Gasteiger partial charge in [0, 0.05) is 61.0 Å². The molecule has 312 valence electrons. The first-order chi connectivity index (χ1) is 28.2. The summed E-state index contributed by atoms with van der Waals surface area (Å²) in [5.41, 5.74) is 3.42. The van der Waals surface area contributed by atoms with Gasteiger partial charge < -0.3 is 40.2 Å². The molecule has 0 spiro atoms. The third-order valence-corrected chi connectivity index (χ3v) is 10.2. The summed E-state index contributed by atoms with van der Waals surface area (Å²) in [7, 11) is 3.05. The number of aromatic nitrogens is 1. The Labute approximate surface area is 348 Å². The first-order valence-corrected chi connectivity index (χ1v) is 21.0. The topological polar surface area (TPSA) is 168 Å². The van der Waals surface area contributed by atoms with Crippen LogP contribution >= 0.6 is 0 Å². The van der Waals surface area contributed by atoms with E-state index >= 15 is 0 Å². The van der Waals surface area contributed by atoms with Gasteiger partial charge in [0.25, 0.3) is 17.3 Å². The van der Waals surface area contributed by atoms with Gasteiger partial charge >= 0.3 is 6.03 Å². The third-order valence-electron chi connectivity index (χ3n) is 9.68. The zero-order chi connectivity index (χ0) is 42.3. The second-order valence-electron chi connectivity index (χ2n) is 15.5. The minimum atomic E-state index is -1.11. The lowest BCUT2D eigenvalue weighted by Gasteiger charge is -2.35. The molecule has 1 fully saturated rings. The number of fused-ring (bicyclic) bond motifs is 1. The van der Waals surface area contributed by atoms with Gasteiger partial charge in [0.05, 0.1) is 43.4 Å². The predicted molar refractivity (Wildman–Crippen MR) is 237 cm³/mol. The summed E-state index contributed by atoms with van der Waals surface area (Å²) in [4.78, 5) is 33.4. The fourth-order valence-corrected chi connectivity index (χ4v) is 7.49. The molecule has 3 amide bonds. The Balaban J connectivity index is 1.13. The average molecular weight is 825 g/mol. The molecule has 59 heavy (non-hydrogen) atoms. The molecular formula is C44H54N7O7S+. The van der Waals surface area contributed by atoms with Crippen LogP contribution in [-0.4, -0.2) is 85.2 Å². The van der Waals surface area contributed by atoms with Crippen LogP contribution in [0.2, 0.25) is 0 Å². The highest BCUT2D eigenvalue weighted by Gasteiger charge is 2.25. The van der Waals surface area contributed by atoms with E-state index in [2.05, 4.69) is 70.5 Å². The fraction of sp³-hybridized carbons (Fsp3) is 0.341. The summed E-state index contributed by atoms with van der Waals surface area (Å²) < 4.78 is 36.6. The van der Waals surface area contributed by atoms with Crippen LogP contribution in [0.4, 0.5) is 33.4 Å². The molecular weight excluding hydrogens is 771 g/mol. The van der Waals surface area contributed by atoms with Gasteiger partial charge in [-0.25, -0.2) is 9.78 Å². The Morgan fingerprint density at radius 1 is 0.881 bits per heavy atom. The first kappa shape index (κ1) is 42.9. The molecule has 6 N–H and O–H groups in total. The van der Waals surface area contributed by atoms with Crippen molar-refractivity contribution in [3.05, 3.63) is 96.2 Å². The number of hydrogen-bond donors (Lipinski definition) is 6. The number of benzene rings is 4. The highest BCUT2D eigenvalue weighted by atomic mass is 32.2. The van der Waals surface area contributed by atoms with Crippen molar-refractivity contribution < 1.29 is 33.1 Å². The van der Waals surface area contributed by atoms with E-state index in [1.165, 1.54) is 14.2 Å². The molecule has 1 saturated heterocycles. The van der Waals surface area contributed by atoms with E-state index in [1.54, 1.807) is 54.9 Å². The van der Waals surface area contributed by atoms with Gasteiger partial charge in [-0.1, -0.05) is 45.0 Å². The molecule has 1 aromatic heterocycles. The van der Waals surface area contributed by atoms with E-state index < -0.39 is 17.4 Å². The molecule has 5 aromatic rings. The largest absolute Gasteiger partial charge is 0.496 e. The number of methoxy groups -OCH3 is 2. The standard InChI is InChI=1S/C44H53N7O7S/c1-27-25-51(26-28(2)57-27)20-19-46-42(52)34-14-13-30(23-39(34)55-6)47-40-24-31(17-18-45-40)58-38-16-15-35(32-11-9-10-12-33(32)38)48-43(53)49-36-21-29(44(3,4)5)22-37(41(36)56-7)50-59(8)54/h9-18,21-24,27-28,50,54H,19-20,25-26H2,1-8H3,(H3-,45,46,47,48,49,52,53)/p+1/t27-,28+,59?. The van der Waals surface area contributed by atoms with Gasteiger partial charge in [-0.2, -0.15) is 9.27 Å². The molecule has 0 bridgehead atoms. The van der Waals surface area contributed by atoms with Crippen LogP contribution in [0.15, 0.2) is 85.1 Å². The van der Waals surface area contributed by atoms with Gasteiger partial charge in [0.2, 0.25) is 0 Å². The first-order valence-electron chi connectivity index (χ1n) is 19.4. The summed E-state index contributed by atoms with van der Waals surface area (Å²) in [6.07, 6.45) is 3.61. The molecule has 6 rings (SSSR count). The van der Waals surface area contributed by atoms with Gasteiger partial charge in [0.1, 0.15) is 28.8 Å². The van der Waals surface area contributed by atoms with Gasteiger partial charge in [0.15, 0.2) is 12.0 Å². The summed E-state index contributed by atoms with van der Waals surface area (Å²) in [6.45, 7) is 13.3. The SMILES string of the molecule is COc1cc(Nc2cc(Oc3ccc(NC(=O)Nc4cc(C(C)(C)C)cc(N[S+](C)O)c4OC)c4ccccc34)ccn2)ccc1C(=O)NCCN1C[C@@H](C)O[C@@H](C)C1. The molecule has 15 heteroatoms. The van der Waals surface area contributed by atoms with Crippen LogP contribution in [-0.2, 0) is 21.5 Å². The van der Waals surface area contributed by atoms with Crippen LogP contribution in [0.3, 0.4) is 0 Å². The number of hydrogen-bond acceptors (Lipinski definition) is 11. The molecule has 3 atom stereocenters. The maximum atomic E-state index is 13.5.